The van der Waals surface area contributed by atoms with E-state index in [0.717, 1.165) is 6.07 Å². The van der Waals surface area contributed by atoms with Crippen LogP contribution in [0.4, 0.5) is 0 Å². The van der Waals surface area contributed by atoms with Gasteiger partial charge in [0.15, 0.2) is 0 Å². The highest BCUT2D eigenvalue weighted by atomic mass is 32.2. The molecule has 0 bridgehead atoms. The van der Waals surface area contributed by atoms with Gasteiger partial charge in [0, 0.05) is 0 Å². The lowest BCUT2D eigenvalue weighted by Crippen LogP contribution is -2.49. The number of rotatable bonds is 17. The van der Waals surface area contributed by atoms with Gasteiger partial charge in [0.1, 0.15) is 0 Å². The zero-order valence-corrected chi connectivity index (χ0v) is 24.1. The lowest BCUT2D eigenvalue weighted by molar-refractivity contribution is -0.927. The van der Waals surface area contributed by atoms with E-state index in [0.29, 0.717) is 25.3 Å². The molecule has 0 amide bonds. The number of hydrogen-bond acceptors (Lipinski definition) is 7. The lowest BCUT2D eigenvalue weighted by atomic mass is 10.1. The fourth-order valence-corrected chi connectivity index (χ4v) is 4.07. The van der Waals surface area contributed by atoms with Gasteiger partial charge in [-0.25, -0.2) is 9.59 Å². The van der Waals surface area contributed by atoms with Crippen molar-refractivity contribution < 1.29 is 52.2 Å². The van der Waals surface area contributed by atoms with Crippen LogP contribution >= 0.6 is 0 Å². The summed E-state index contributed by atoms with van der Waals surface area (Å²) < 4.78 is 36.2. The first kappa shape index (κ1) is 38.1. The van der Waals surface area contributed by atoms with Crippen LogP contribution < -0.4 is 0 Å². The van der Waals surface area contributed by atoms with Gasteiger partial charge in [0.25, 0.3) is 10.1 Å². The molecular formula is C26H48NO10S+. The summed E-state index contributed by atoms with van der Waals surface area (Å²) in [6.07, 6.45) is 8.25. The third-order valence-electron chi connectivity index (χ3n) is 5.80. The Bertz CT molecular complexity index is 832. The van der Waals surface area contributed by atoms with Crippen molar-refractivity contribution in [2.75, 3.05) is 52.6 Å². The van der Waals surface area contributed by atoms with Crippen LogP contribution in [0.15, 0.2) is 23.1 Å². The number of carboxylic acids is 2. The molecule has 0 spiro atoms. The Hall–Kier alpha value is -2.09. The predicted octanol–water partition coefficient (Wildman–Crippen LogP) is 3.54. The van der Waals surface area contributed by atoms with E-state index in [1.54, 1.807) is 0 Å². The summed E-state index contributed by atoms with van der Waals surface area (Å²) in [4.78, 5) is 20.4. The topological polar surface area (TPSA) is 179 Å². The highest BCUT2D eigenvalue weighted by molar-refractivity contribution is 7.85. The van der Waals surface area contributed by atoms with Crippen molar-refractivity contribution in [3.63, 3.8) is 0 Å². The normalized spacial score (nSPS) is 11.1. The summed E-state index contributed by atoms with van der Waals surface area (Å²) in [5.74, 6) is -2.99. The maximum atomic E-state index is 10.8. The van der Waals surface area contributed by atoms with Crippen molar-refractivity contribution in [2.24, 2.45) is 0 Å². The Balaban J connectivity index is 0. The molecule has 1 aromatic carbocycles. The Labute approximate surface area is 227 Å². The van der Waals surface area contributed by atoms with Crippen LogP contribution in [-0.4, -0.2) is 102 Å². The molecule has 12 heteroatoms. The van der Waals surface area contributed by atoms with E-state index < -0.39 is 38.1 Å². The molecular weight excluding hydrogens is 518 g/mol. The minimum absolute atomic E-state index is 0.0278. The largest absolute Gasteiger partial charge is 0.478 e. The van der Waals surface area contributed by atoms with E-state index in [2.05, 4.69) is 32.4 Å². The van der Waals surface area contributed by atoms with Crippen LogP contribution in [-0.2, 0) is 14.9 Å². The molecule has 0 aliphatic heterocycles. The van der Waals surface area contributed by atoms with Gasteiger partial charge in [-0.2, -0.15) is 8.42 Å². The van der Waals surface area contributed by atoms with Crippen molar-refractivity contribution in [3.8, 4) is 0 Å². The quantitative estimate of drug-likeness (QED) is 0.106. The van der Waals surface area contributed by atoms with Gasteiger partial charge < -0.3 is 29.6 Å². The fourth-order valence-electron chi connectivity index (χ4n) is 3.52. The summed E-state index contributed by atoms with van der Waals surface area (Å²) in [7, 11) is -4.64. The monoisotopic (exact) mass is 566 g/mol. The van der Waals surface area contributed by atoms with Crippen LogP contribution in [0.3, 0.4) is 0 Å². The molecule has 38 heavy (non-hydrogen) atoms. The minimum atomic E-state index is -4.64. The van der Waals surface area contributed by atoms with Crippen molar-refractivity contribution in [1.29, 1.82) is 0 Å². The zero-order valence-electron chi connectivity index (χ0n) is 23.3. The second kappa shape index (κ2) is 21.8. The summed E-state index contributed by atoms with van der Waals surface area (Å²) >= 11 is 0. The number of aliphatic hydroxyl groups is 2. The molecule has 0 unspecified atom stereocenters. The molecule has 222 valence electrons. The van der Waals surface area contributed by atoms with Crippen LogP contribution in [0.25, 0.3) is 0 Å². The molecule has 0 aliphatic carbocycles. The smallest absolute Gasteiger partial charge is 0.335 e. The number of quaternary nitrogens is 1. The molecule has 0 fully saturated rings. The summed E-state index contributed by atoms with van der Waals surface area (Å²) in [6.45, 7) is 15.6. The van der Waals surface area contributed by atoms with Crippen molar-refractivity contribution in [3.05, 3.63) is 29.3 Å². The second-order valence-corrected chi connectivity index (χ2v) is 10.2. The third-order valence-corrected chi connectivity index (χ3v) is 6.63. The molecule has 0 atom stereocenters. The molecule has 0 aliphatic rings. The van der Waals surface area contributed by atoms with E-state index in [9.17, 15) is 18.0 Å². The van der Waals surface area contributed by atoms with Crippen molar-refractivity contribution in [1.82, 2.24) is 0 Å². The number of ether oxygens (including phenoxy) is 1. The standard InChI is InChI=1S/C14H32N.C8H6O7S.C4H10O3/c1-5-9-12-15(8-4,13-10-6-2)14-11-7-3;9-7(10)4-1-5(8(11)12)3-6(2-4)16(13,14)15;5-1-3-7-4-2-6/h5-14H2,1-4H3;1-3H,(H,9,10)(H,11,12)(H,13,14,15);5-6H,1-4H2/q+1;;. The Kier molecular flexibility index (Phi) is 21.8. The SMILES string of the molecule is CCCC[N+](CC)(CCCC)CCCC.O=C(O)c1cc(C(=O)O)cc(S(=O)(=O)O)c1.OCCOCCO. The third kappa shape index (κ3) is 17.4. The summed E-state index contributed by atoms with van der Waals surface area (Å²) in [5, 5.41) is 33.4. The second-order valence-electron chi connectivity index (χ2n) is 8.78. The molecule has 0 radical (unpaired) electrons. The first-order chi connectivity index (χ1) is 17.9. The van der Waals surface area contributed by atoms with Gasteiger partial charge >= 0.3 is 11.9 Å². The van der Waals surface area contributed by atoms with Crippen LogP contribution in [0.5, 0.6) is 0 Å². The van der Waals surface area contributed by atoms with Crippen LogP contribution in [0.2, 0.25) is 0 Å². The number of benzene rings is 1. The molecule has 0 aromatic heterocycles. The van der Waals surface area contributed by atoms with Gasteiger partial charge in [0.05, 0.1) is 68.6 Å². The Morgan fingerprint density at radius 1 is 0.763 bits per heavy atom. The highest BCUT2D eigenvalue weighted by Gasteiger charge is 2.23. The minimum Gasteiger partial charge on any atom is -0.478 e. The Morgan fingerprint density at radius 2 is 1.13 bits per heavy atom. The Morgan fingerprint density at radius 3 is 1.37 bits per heavy atom. The van der Waals surface area contributed by atoms with Crippen LogP contribution in [0.1, 0.15) is 86.9 Å². The van der Waals surface area contributed by atoms with Gasteiger partial charge in [-0.1, -0.05) is 40.0 Å². The van der Waals surface area contributed by atoms with E-state index in [-0.39, 0.29) is 13.2 Å². The average Bonchev–Trinajstić information content (AvgIpc) is 2.89. The van der Waals surface area contributed by atoms with Gasteiger partial charge in [-0.3, -0.25) is 4.55 Å². The van der Waals surface area contributed by atoms with Gasteiger partial charge in [-0.15, -0.1) is 0 Å². The number of carboxylic acid groups (broad SMARTS) is 2. The molecule has 11 nitrogen and oxygen atoms in total. The predicted molar refractivity (Wildman–Crippen MR) is 145 cm³/mol. The fraction of sp³-hybridized carbons (Fsp3) is 0.692. The van der Waals surface area contributed by atoms with Crippen molar-refractivity contribution in [2.45, 2.75) is 71.1 Å². The zero-order chi connectivity index (χ0) is 29.6. The highest BCUT2D eigenvalue weighted by Crippen LogP contribution is 2.16. The lowest BCUT2D eigenvalue weighted by Gasteiger charge is -2.38. The number of unbranched alkanes of at least 4 members (excludes halogenated alkanes) is 3. The number of hydrogen-bond donors (Lipinski definition) is 5. The van der Waals surface area contributed by atoms with Gasteiger partial charge in [0.2, 0.25) is 0 Å². The first-order valence-corrected chi connectivity index (χ1v) is 14.6. The molecule has 0 saturated heterocycles. The molecule has 1 rings (SSSR count). The number of carbonyl (C=O) groups is 2. The molecule has 0 heterocycles. The van der Waals surface area contributed by atoms with E-state index in [1.807, 2.05) is 0 Å². The van der Waals surface area contributed by atoms with E-state index in [1.165, 1.54) is 69.2 Å². The summed E-state index contributed by atoms with van der Waals surface area (Å²) in [5.41, 5.74) is -1.07. The van der Waals surface area contributed by atoms with Crippen molar-refractivity contribution >= 4 is 22.1 Å². The maximum absolute atomic E-state index is 10.8. The summed E-state index contributed by atoms with van der Waals surface area (Å²) in [6, 6.07) is 2.13. The molecule has 5 N–H and O–H groups in total. The van der Waals surface area contributed by atoms with Gasteiger partial charge in [-0.05, 0) is 44.4 Å². The molecule has 0 saturated carbocycles. The number of aromatic carboxylic acids is 2. The van der Waals surface area contributed by atoms with E-state index >= 15 is 0 Å². The average molecular weight is 567 g/mol. The van der Waals surface area contributed by atoms with E-state index in [4.69, 9.17) is 25.0 Å². The van der Waals surface area contributed by atoms with Crippen LogP contribution in [0, 0.1) is 0 Å². The molecule has 1 aromatic rings. The number of aliphatic hydroxyl groups excluding tert-OH is 2. The number of nitrogens with zero attached hydrogens (tertiary/aromatic N) is 1. The first-order valence-electron chi connectivity index (χ1n) is 13.1. The maximum Gasteiger partial charge on any atom is 0.335 e.